The zero-order valence-corrected chi connectivity index (χ0v) is 13.3. The molecule has 0 radical (unpaired) electrons. The molecule has 0 fully saturated rings. The molecule has 0 spiro atoms. The van der Waals surface area contributed by atoms with Crippen LogP contribution < -0.4 is 5.32 Å². The van der Waals surface area contributed by atoms with Crippen molar-refractivity contribution in [3.8, 4) is 0 Å². The third-order valence-corrected chi connectivity index (χ3v) is 3.56. The summed E-state index contributed by atoms with van der Waals surface area (Å²) in [6, 6.07) is 6.92. The molecule has 1 N–H and O–H groups in total. The van der Waals surface area contributed by atoms with Crippen LogP contribution in [-0.4, -0.2) is 59.0 Å². The molecule has 0 aliphatic heterocycles. The zero-order valence-electron chi connectivity index (χ0n) is 13.3. The maximum Gasteiger partial charge on any atom is 0.123 e. The summed E-state index contributed by atoms with van der Waals surface area (Å²) >= 11 is 0. The van der Waals surface area contributed by atoms with Gasteiger partial charge < -0.3 is 14.8 Å². The molecule has 1 aromatic carbocycles. The highest BCUT2D eigenvalue weighted by Crippen LogP contribution is 2.17. The van der Waals surface area contributed by atoms with Crippen LogP contribution in [0, 0.1) is 5.82 Å². The van der Waals surface area contributed by atoms with Crippen LogP contribution in [0.15, 0.2) is 24.3 Å². The lowest BCUT2D eigenvalue weighted by molar-refractivity contribution is 0.111. The summed E-state index contributed by atoms with van der Waals surface area (Å²) in [6.07, 6.45) is 0.910. The van der Waals surface area contributed by atoms with Crippen LogP contribution >= 0.6 is 0 Å². The number of halogens is 1. The van der Waals surface area contributed by atoms with E-state index in [-0.39, 0.29) is 11.9 Å². The van der Waals surface area contributed by atoms with Gasteiger partial charge in [0.25, 0.3) is 0 Å². The van der Waals surface area contributed by atoms with Crippen molar-refractivity contribution in [3.05, 3.63) is 35.6 Å². The van der Waals surface area contributed by atoms with E-state index in [1.54, 1.807) is 26.4 Å². The molecule has 0 aliphatic carbocycles. The van der Waals surface area contributed by atoms with Gasteiger partial charge in [0.05, 0.1) is 13.2 Å². The highest BCUT2D eigenvalue weighted by atomic mass is 19.1. The Bertz CT molecular complexity index is 382. The monoisotopic (exact) mass is 298 g/mol. The molecule has 5 heteroatoms. The van der Waals surface area contributed by atoms with Crippen molar-refractivity contribution in [2.24, 2.45) is 0 Å². The smallest absolute Gasteiger partial charge is 0.123 e. The standard InChI is InChI=1S/C16H27FN2O2/c1-18-16(14-5-4-6-15(17)13-14)7-8-19(9-11-20-2)10-12-21-3/h4-6,13,16,18H,7-12H2,1-3H3. The largest absolute Gasteiger partial charge is 0.383 e. The summed E-state index contributed by atoms with van der Waals surface area (Å²) in [4.78, 5) is 2.30. The number of rotatable bonds is 11. The van der Waals surface area contributed by atoms with E-state index in [0.717, 1.165) is 31.6 Å². The third-order valence-electron chi connectivity index (χ3n) is 3.56. The molecule has 1 rings (SSSR count). The molecular weight excluding hydrogens is 271 g/mol. The Hall–Kier alpha value is -1.01. The van der Waals surface area contributed by atoms with E-state index in [9.17, 15) is 4.39 Å². The van der Waals surface area contributed by atoms with Gasteiger partial charge in [0.15, 0.2) is 0 Å². The second-order valence-corrected chi connectivity index (χ2v) is 5.01. The molecule has 120 valence electrons. The Morgan fingerprint density at radius 2 is 1.81 bits per heavy atom. The van der Waals surface area contributed by atoms with E-state index in [2.05, 4.69) is 10.2 Å². The highest BCUT2D eigenvalue weighted by molar-refractivity contribution is 5.20. The van der Waals surface area contributed by atoms with Crippen molar-refractivity contribution < 1.29 is 13.9 Å². The van der Waals surface area contributed by atoms with Crippen LogP contribution in [0.25, 0.3) is 0 Å². The quantitative estimate of drug-likeness (QED) is 0.678. The van der Waals surface area contributed by atoms with Crippen molar-refractivity contribution in [2.75, 3.05) is 54.1 Å². The average molecular weight is 298 g/mol. The Kier molecular flexibility index (Phi) is 9.17. The normalized spacial score (nSPS) is 12.8. The fraction of sp³-hybridized carbons (Fsp3) is 0.625. The maximum absolute atomic E-state index is 13.3. The molecule has 1 atom stereocenters. The lowest BCUT2D eigenvalue weighted by Crippen LogP contribution is -2.33. The van der Waals surface area contributed by atoms with Gasteiger partial charge in [-0.25, -0.2) is 4.39 Å². The molecule has 21 heavy (non-hydrogen) atoms. The van der Waals surface area contributed by atoms with Crippen LogP contribution in [0.5, 0.6) is 0 Å². The van der Waals surface area contributed by atoms with E-state index in [1.807, 2.05) is 13.1 Å². The third kappa shape index (κ3) is 7.00. The Morgan fingerprint density at radius 1 is 1.14 bits per heavy atom. The van der Waals surface area contributed by atoms with Gasteiger partial charge >= 0.3 is 0 Å². The lowest BCUT2D eigenvalue weighted by atomic mass is 10.0. The van der Waals surface area contributed by atoms with Gasteiger partial charge in [-0.2, -0.15) is 0 Å². The highest BCUT2D eigenvalue weighted by Gasteiger charge is 2.12. The van der Waals surface area contributed by atoms with Gasteiger partial charge in [-0.15, -0.1) is 0 Å². The first-order valence-corrected chi connectivity index (χ1v) is 7.34. The average Bonchev–Trinajstić information content (AvgIpc) is 2.50. The number of ether oxygens (including phenoxy) is 2. The van der Waals surface area contributed by atoms with Crippen LogP contribution in [0.1, 0.15) is 18.0 Å². The van der Waals surface area contributed by atoms with E-state index in [0.29, 0.717) is 13.2 Å². The fourth-order valence-corrected chi connectivity index (χ4v) is 2.29. The zero-order chi connectivity index (χ0) is 15.5. The second-order valence-electron chi connectivity index (χ2n) is 5.01. The van der Waals surface area contributed by atoms with Gasteiger partial charge in [0.2, 0.25) is 0 Å². The Morgan fingerprint density at radius 3 is 2.33 bits per heavy atom. The summed E-state index contributed by atoms with van der Waals surface area (Å²) in [5.41, 5.74) is 0.982. The minimum Gasteiger partial charge on any atom is -0.383 e. The SMILES string of the molecule is CNC(CCN(CCOC)CCOC)c1cccc(F)c1. The number of hydrogen-bond acceptors (Lipinski definition) is 4. The maximum atomic E-state index is 13.3. The van der Waals surface area contributed by atoms with Crippen LogP contribution in [-0.2, 0) is 9.47 Å². The molecule has 0 saturated carbocycles. The minimum atomic E-state index is -0.191. The van der Waals surface area contributed by atoms with Gasteiger partial charge in [0, 0.05) is 39.9 Å². The van der Waals surface area contributed by atoms with Gasteiger partial charge in [0.1, 0.15) is 5.82 Å². The number of methoxy groups -OCH3 is 2. The number of nitrogens with one attached hydrogen (secondary N) is 1. The summed E-state index contributed by atoms with van der Waals surface area (Å²) < 4.78 is 23.6. The molecule has 1 aromatic rings. The summed E-state index contributed by atoms with van der Waals surface area (Å²) in [5.74, 6) is -0.191. The molecule has 0 aliphatic rings. The number of hydrogen-bond donors (Lipinski definition) is 1. The Labute approximate surface area is 127 Å². The topological polar surface area (TPSA) is 33.7 Å². The van der Waals surface area contributed by atoms with Gasteiger partial charge in [-0.1, -0.05) is 12.1 Å². The second kappa shape index (κ2) is 10.7. The molecule has 0 bridgehead atoms. The van der Waals surface area contributed by atoms with Gasteiger partial charge in [-0.05, 0) is 31.2 Å². The van der Waals surface area contributed by atoms with Gasteiger partial charge in [-0.3, -0.25) is 4.90 Å². The van der Waals surface area contributed by atoms with Crippen molar-refractivity contribution in [1.82, 2.24) is 10.2 Å². The molecule has 0 aromatic heterocycles. The molecule has 0 saturated heterocycles. The van der Waals surface area contributed by atoms with E-state index in [1.165, 1.54) is 6.07 Å². The molecule has 0 amide bonds. The van der Waals surface area contributed by atoms with Crippen molar-refractivity contribution in [2.45, 2.75) is 12.5 Å². The predicted octanol–water partition coefficient (Wildman–Crippen LogP) is 2.07. The first-order valence-electron chi connectivity index (χ1n) is 7.34. The lowest BCUT2D eigenvalue weighted by Gasteiger charge is -2.25. The Balaban J connectivity index is 2.53. The van der Waals surface area contributed by atoms with Crippen LogP contribution in [0.2, 0.25) is 0 Å². The summed E-state index contributed by atoms with van der Waals surface area (Å²) in [6.45, 7) is 4.06. The summed E-state index contributed by atoms with van der Waals surface area (Å²) in [5, 5.41) is 3.26. The number of benzene rings is 1. The van der Waals surface area contributed by atoms with Crippen molar-refractivity contribution in [3.63, 3.8) is 0 Å². The molecule has 4 nitrogen and oxygen atoms in total. The van der Waals surface area contributed by atoms with E-state index in [4.69, 9.17) is 9.47 Å². The fourth-order valence-electron chi connectivity index (χ4n) is 2.29. The van der Waals surface area contributed by atoms with Crippen molar-refractivity contribution >= 4 is 0 Å². The first-order chi connectivity index (χ1) is 10.2. The molecular formula is C16H27FN2O2. The van der Waals surface area contributed by atoms with E-state index < -0.39 is 0 Å². The van der Waals surface area contributed by atoms with Crippen LogP contribution in [0.4, 0.5) is 4.39 Å². The van der Waals surface area contributed by atoms with E-state index >= 15 is 0 Å². The molecule has 0 heterocycles. The predicted molar refractivity (Wildman–Crippen MR) is 83.0 cm³/mol. The minimum absolute atomic E-state index is 0.147. The molecule has 1 unspecified atom stereocenters. The van der Waals surface area contributed by atoms with Crippen LogP contribution in [0.3, 0.4) is 0 Å². The summed E-state index contributed by atoms with van der Waals surface area (Å²) in [7, 11) is 5.32. The van der Waals surface area contributed by atoms with Crippen molar-refractivity contribution in [1.29, 1.82) is 0 Å². The number of nitrogens with zero attached hydrogens (tertiary/aromatic N) is 1. The first kappa shape index (κ1) is 18.0.